The van der Waals surface area contributed by atoms with Crippen LogP contribution in [-0.2, 0) is 25.7 Å². The number of carbonyl (C=O) groups excluding carboxylic acids is 5. The summed E-state index contributed by atoms with van der Waals surface area (Å²) in [7, 11) is 0. The van der Waals surface area contributed by atoms with E-state index in [1.807, 2.05) is 37.3 Å². The maximum atomic E-state index is 12.2. The fraction of sp³-hybridized carbons (Fsp3) is 0.353. The number of carbonyl (C=O) groups is 5. The molecule has 1 saturated heterocycles. The van der Waals surface area contributed by atoms with E-state index in [9.17, 15) is 24.0 Å². The summed E-state index contributed by atoms with van der Waals surface area (Å²) < 4.78 is 0. The molecule has 1 aliphatic rings. The van der Waals surface area contributed by atoms with E-state index in [1.165, 1.54) is 0 Å². The van der Waals surface area contributed by atoms with Crippen molar-refractivity contribution < 1.29 is 24.0 Å². The first-order chi connectivity index (χ1) is 12.3. The lowest BCUT2D eigenvalue weighted by atomic mass is 10.2. The van der Waals surface area contributed by atoms with Crippen molar-refractivity contribution in [2.45, 2.75) is 32.7 Å². The average Bonchev–Trinajstić information content (AvgIpc) is 2.56. The second-order valence-corrected chi connectivity index (χ2v) is 6.20. The molecule has 0 spiro atoms. The van der Waals surface area contributed by atoms with Crippen LogP contribution < -0.4 is 0 Å². The lowest BCUT2D eigenvalue weighted by Gasteiger charge is -2.32. The Morgan fingerprint density at radius 2 is 1.50 bits per heavy atom. The number of urea groups is 1. The lowest BCUT2D eigenvalue weighted by molar-refractivity contribution is -0.143. The third kappa shape index (κ3) is 6.93. The Bertz CT molecular complexity index is 682. The van der Waals surface area contributed by atoms with Crippen molar-refractivity contribution in [1.82, 2.24) is 9.80 Å². The third-order valence-corrected chi connectivity index (χ3v) is 3.54. The highest BCUT2D eigenvalue weighted by molar-refractivity contribution is 6.72. The van der Waals surface area contributed by atoms with Gasteiger partial charge in [-0.15, -0.1) is 0 Å². The molecule has 26 heavy (non-hydrogen) atoms. The SMILES string of the molecule is CCCN1C(=O)CC(=O)N(Cc2ccccc2)C1=O.O=C(Cl)CC(=O)Cl. The molecule has 0 bridgehead atoms. The van der Waals surface area contributed by atoms with Gasteiger partial charge in [0.05, 0.1) is 13.0 Å². The molecule has 0 aliphatic carbocycles. The van der Waals surface area contributed by atoms with Crippen LogP contribution in [0.25, 0.3) is 0 Å². The first kappa shape index (κ1) is 21.8. The first-order valence-electron chi connectivity index (χ1n) is 7.81. The van der Waals surface area contributed by atoms with Gasteiger partial charge in [0, 0.05) is 6.54 Å². The molecule has 1 aromatic carbocycles. The van der Waals surface area contributed by atoms with Crippen molar-refractivity contribution in [2.75, 3.05) is 6.54 Å². The molecular formula is C17H18Cl2N2O5. The van der Waals surface area contributed by atoms with E-state index in [2.05, 4.69) is 0 Å². The number of amides is 4. The van der Waals surface area contributed by atoms with Crippen LogP contribution >= 0.6 is 23.2 Å². The van der Waals surface area contributed by atoms with Gasteiger partial charge in [-0.3, -0.25) is 29.0 Å². The van der Waals surface area contributed by atoms with Gasteiger partial charge in [-0.1, -0.05) is 37.3 Å². The number of hydrogen-bond acceptors (Lipinski definition) is 5. The highest BCUT2D eigenvalue weighted by Gasteiger charge is 2.37. The highest BCUT2D eigenvalue weighted by atomic mass is 35.5. The zero-order valence-corrected chi connectivity index (χ0v) is 15.6. The number of halogens is 2. The minimum atomic E-state index is -0.722. The monoisotopic (exact) mass is 400 g/mol. The molecule has 2 rings (SSSR count). The zero-order chi connectivity index (χ0) is 19.7. The van der Waals surface area contributed by atoms with E-state index in [0.29, 0.717) is 13.0 Å². The van der Waals surface area contributed by atoms with Crippen LogP contribution in [0.2, 0.25) is 0 Å². The van der Waals surface area contributed by atoms with E-state index < -0.39 is 28.3 Å². The molecule has 140 valence electrons. The predicted octanol–water partition coefficient (Wildman–Crippen LogP) is 2.68. The average molecular weight is 401 g/mol. The van der Waals surface area contributed by atoms with E-state index in [1.54, 1.807) is 0 Å². The number of barbiturate groups is 1. The quantitative estimate of drug-likeness (QED) is 0.540. The molecule has 1 aromatic rings. The molecule has 0 unspecified atom stereocenters. The summed E-state index contributed by atoms with van der Waals surface area (Å²) in [4.78, 5) is 57.4. The van der Waals surface area contributed by atoms with Crippen molar-refractivity contribution in [3.8, 4) is 0 Å². The lowest BCUT2D eigenvalue weighted by Crippen LogP contribution is -2.54. The second kappa shape index (κ2) is 10.7. The largest absolute Gasteiger partial charge is 0.333 e. The van der Waals surface area contributed by atoms with Crippen LogP contribution in [0.3, 0.4) is 0 Å². The Morgan fingerprint density at radius 1 is 0.962 bits per heavy atom. The second-order valence-electron chi connectivity index (χ2n) is 5.36. The normalized spacial score (nSPS) is 14.0. The van der Waals surface area contributed by atoms with Crippen LogP contribution in [0.4, 0.5) is 4.79 Å². The van der Waals surface area contributed by atoms with Gasteiger partial charge in [-0.05, 0) is 35.2 Å². The maximum Gasteiger partial charge on any atom is 0.333 e. The molecule has 0 N–H and O–H groups in total. The van der Waals surface area contributed by atoms with Crippen molar-refractivity contribution in [3.63, 3.8) is 0 Å². The van der Waals surface area contributed by atoms with Crippen molar-refractivity contribution >= 4 is 51.5 Å². The summed E-state index contributed by atoms with van der Waals surface area (Å²) in [5.74, 6) is -0.827. The van der Waals surface area contributed by atoms with Gasteiger partial charge in [0.25, 0.3) is 0 Å². The third-order valence-electron chi connectivity index (χ3n) is 3.28. The fourth-order valence-electron chi connectivity index (χ4n) is 2.15. The smallest absolute Gasteiger partial charge is 0.281 e. The molecule has 0 radical (unpaired) electrons. The number of hydrogen-bond donors (Lipinski definition) is 0. The Labute approximate surface area is 160 Å². The fourth-order valence-corrected chi connectivity index (χ4v) is 2.47. The molecule has 0 saturated carbocycles. The Hall–Kier alpha value is -2.25. The van der Waals surface area contributed by atoms with E-state index in [-0.39, 0.29) is 19.4 Å². The van der Waals surface area contributed by atoms with Gasteiger partial charge >= 0.3 is 6.03 Å². The van der Waals surface area contributed by atoms with E-state index in [4.69, 9.17) is 23.2 Å². The van der Waals surface area contributed by atoms with Crippen LogP contribution in [0, 0.1) is 0 Å². The summed E-state index contributed by atoms with van der Waals surface area (Å²) in [5.41, 5.74) is 0.870. The number of benzene rings is 1. The highest BCUT2D eigenvalue weighted by Crippen LogP contribution is 2.16. The van der Waals surface area contributed by atoms with Gasteiger partial charge in [-0.2, -0.15) is 0 Å². The van der Waals surface area contributed by atoms with E-state index in [0.717, 1.165) is 15.4 Å². The molecule has 1 heterocycles. The zero-order valence-electron chi connectivity index (χ0n) is 14.1. The number of rotatable bonds is 6. The van der Waals surface area contributed by atoms with Crippen molar-refractivity contribution in [3.05, 3.63) is 35.9 Å². The Balaban J connectivity index is 0.000000412. The predicted molar refractivity (Wildman–Crippen MR) is 95.3 cm³/mol. The molecule has 0 atom stereocenters. The minimum Gasteiger partial charge on any atom is -0.281 e. The molecule has 1 aliphatic heterocycles. The van der Waals surface area contributed by atoms with Gasteiger partial charge in [0.1, 0.15) is 6.42 Å². The summed E-state index contributed by atoms with van der Waals surface area (Å²) >= 11 is 9.46. The molecule has 4 amide bonds. The van der Waals surface area contributed by atoms with Gasteiger partial charge in [0.15, 0.2) is 0 Å². The van der Waals surface area contributed by atoms with Crippen LogP contribution in [0.5, 0.6) is 0 Å². The summed E-state index contributed by atoms with van der Waals surface area (Å²) in [5, 5.41) is -1.44. The first-order valence-corrected chi connectivity index (χ1v) is 8.57. The summed E-state index contributed by atoms with van der Waals surface area (Å²) in [6.45, 7) is 2.46. The summed E-state index contributed by atoms with van der Waals surface area (Å²) in [6, 6.07) is 8.76. The topological polar surface area (TPSA) is 91.8 Å². The van der Waals surface area contributed by atoms with E-state index >= 15 is 0 Å². The minimum absolute atomic E-state index is 0.214. The van der Waals surface area contributed by atoms with Gasteiger partial charge in [0.2, 0.25) is 22.3 Å². The molecule has 0 aromatic heterocycles. The Kier molecular flexibility index (Phi) is 8.95. The molecule has 9 heteroatoms. The molecular weight excluding hydrogens is 383 g/mol. The number of nitrogens with zero attached hydrogens (tertiary/aromatic N) is 2. The molecule has 7 nitrogen and oxygen atoms in total. The Morgan fingerprint density at radius 3 is 1.96 bits per heavy atom. The summed E-state index contributed by atoms with van der Waals surface area (Å²) in [6.07, 6.45) is 0.0759. The number of imide groups is 2. The van der Waals surface area contributed by atoms with Gasteiger partial charge in [-0.25, -0.2) is 4.79 Å². The molecule has 1 fully saturated rings. The standard InChI is InChI=1S/C14H16N2O3.C3H2Cl2O2/c1-2-8-15-12(17)9-13(18)16(14(15)19)10-11-6-4-3-5-7-11;4-2(6)1-3(5)7/h3-7H,2,8-10H2,1H3;1H2. The van der Waals surface area contributed by atoms with Crippen LogP contribution in [-0.4, -0.2) is 44.7 Å². The van der Waals surface area contributed by atoms with Crippen molar-refractivity contribution in [2.24, 2.45) is 0 Å². The van der Waals surface area contributed by atoms with Crippen molar-refractivity contribution in [1.29, 1.82) is 0 Å². The van der Waals surface area contributed by atoms with Crippen LogP contribution in [0.15, 0.2) is 30.3 Å². The van der Waals surface area contributed by atoms with Gasteiger partial charge < -0.3 is 0 Å². The maximum absolute atomic E-state index is 12.2. The van der Waals surface area contributed by atoms with Crippen LogP contribution in [0.1, 0.15) is 31.7 Å².